The van der Waals surface area contributed by atoms with Crippen molar-refractivity contribution in [3.05, 3.63) is 23.8 Å². The Morgan fingerprint density at radius 3 is 2.63 bits per heavy atom. The Morgan fingerprint density at radius 1 is 1.42 bits per heavy atom. The van der Waals surface area contributed by atoms with Crippen LogP contribution in [0, 0.1) is 0 Å². The highest BCUT2D eigenvalue weighted by atomic mass is 16.5. The predicted molar refractivity (Wildman–Crippen MR) is 67.4 cm³/mol. The van der Waals surface area contributed by atoms with Crippen LogP contribution in [-0.2, 0) is 9.53 Å². The van der Waals surface area contributed by atoms with Gasteiger partial charge in [0.2, 0.25) is 0 Å². The molecule has 6 heteroatoms. The largest absolute Gasteiger partial charge is 0.504 e. The van der Waals surface area contributed by atoms with E-state index < -0.39 is 12.0 Å². The maximum Gasteiger partial charge on any atom is 0.325 e. The number of morpholine rings is 1. The standard InChI is InChI=1S/C13H17NO5/c1-18-11-3-2-9(8-10(11)15)12(13(16)17)14-4-6-19-7-5-14/h2-3,8,12,15H,4-7H2,1H3,(H,16,17). The third kappa shape index (κ3) is 2.97. The van der Waals surface area contributed by atoms with Gasteiger partial charge in [-0.3, -0.25) is 9.69 Å². The number of nitrogens with zero attached hydrogens (tertiary/aromatic N) is 1. The molecule has 1 aromatic rings. The van der Waals surface area contributed by atoms with Crippen molar-refractivity contribution in [3.63, 3.8) is 0 Å². The summed E-state index contributed by atoms with van der Waals surface area (Å²) < 4.78 is 10.2. The molecular weight excluding hydrogens is 250 g/mol. The Balaban J connectivity index is 2.28. The molecule has 1 heterocycles. The van der Waals surface area contributed by atoms with Gasteiger partial charge in [-0.15, -0.1) is 0 Å². The van der Waals surface area contributed by atoms with Crippen molar-refractivity contribution in [3.8, 4) is 11.5 Å². The van der Waals surface area contributed by atoms with E-state index in [2.05, 4.69) is 0 Å². The first-order chi connectivity index (χ1) is 9.13. The van der Waals surface area contributed by atoms with Gasteiger partial charge in [-0.25, -0.2) is 0 Å². The number of hydrogen-bond donors (Lipinski definition) is 2. The van der Waals surface area contributed by atoms with Crippen molar-refractivity contribution < 1.29 is 24.5 Å². The van der Waals surface area contributed by atoms with Crippen LogP contribution in [0.2, 0.25) is 0 Å². The van der Waals surface area contributed by atoms with Crippen LogP contribution in [0.4, 0.5) is 0 Å². The normalized spacial score (nSPS) is 17.9. The third-order valence-electron chi connectivity index (χ3n) is 3.16. The summed E-state index contributed by atoms with van der Waals surface area (Å²) in [4.78, 5) is 13.3. The van der Waals surface area contributed by atoms with E-state index in [1.807, 2.05) is 4.90 Å². The molecule has 0 spiro atoms. The topological polar surface area (TPSA) is 79.2 Å². The van der Waals surface area contributed by atoms with Crippen LogP contribution < -0.4 is 4.74 Å². The zero-order valence-electron chi connectivity index (χ0n) is 10.7. The van der Waals surface area contributed by atoms with E-state index >= 15 is 0 Å². The number of aliphatic carboxylic acids is 1. The van der Waals surface area contributed by atoms with Crippen LogP contribution >= 0.6 is 0 Å². The molecule has 0 saturated carbocycles. The fourth-order valence-electron chi connectivity index (χ4n) is 2.22. The van der Waals surface area contributed by atoms with Crippen molar-refractivity contribution in [1.29, 1.82) is 0 Å². The maximum absolute atomic E-state index is 11.5. The molecule has 0 amide bonds. The van der Waals surface area contributed by atoms with Crippen LogP contribution in [0.25, 0.3) is 0 Å². The number of phenols is 1. The summed E-state index contributed by atoms with van der Waals surface area (Å²) in [6, 6.07) is 3.89. The minimum Gasteiger partial charge on any atom is -0.504 e. The average Bonchev–Trinajstić information content (AvgIpc) is 2.40. The van der Waals surface area contributed by atoms with Crippen LogP contribution in [-0.4, -0.2) is 54.5 Å². The molecule has 1 fully saturated rings. The first kappa shape index (κ1) is 13.6. The van der Waals surface area contributed by atoms with Gasteiger partial charge in [-0.1, -0.05) is 6.07 Å². The molecule has 1 aliphatic rings. The smallest absolute Gasteiger partial charge is 0.325 e. The molecule has 1 aromatic carbocycles. The summed E-state index contributed by atoms with van der Waals surface area (Å²) in [5, 5.41) is 19.2. The van der Waals surface area contributed by atoms with E-state index in [4.69, 9.17) is 9.47 Å². The zero-order chi connectivity index (χ0) is 13.8. The van der Waals surface area contributed by atoms with Crippen molar-refractivity contribution in [2.24, 2.45) is 0 Å². The van der Waals surface area contributed by atoms with Crippen molar-refractivity contribution in [2.45, 2.75) is 6.04 Å². The number of carboxylic acids is 1. The van der Waals surface area contributed by atoms with Crippen molar-refractivity contribution in [2.75, 3.05) is 33.4 Å². The number of carbonyl (C=O) groups is 1. The fraction of sp³-hybridized carbons (Fsp3) is 0.462. The molecule has 19 heavy (non-hydrogen) atoms. The minimum absolute atomic E-state index is 0.0560. The van der Waals surface area contributed by atoms with E-state index in [0.29, 0.717) is 37.6 Å². The number of benzene rings is 1. The first-order valence-corrected chi connectivity index (χ1v) is 6.05. The number of carboxylic acid groups (broad SMARTS) is 1. The van der Waals surface area contributed by atoms with E-state index in [9.17, 15) is 15.0 Å². The lowest BCUT2D eigenvalue weighted by atomic mass is 10.0. The molecule has 2 N–H and O–H groups in total. The summed E-state index contributed by atoms with van der Waals surface area (Å²) >= 11 is 0. The molecule has 1 unspecified atom stereocenters. The fourth-order valence-corrected chi connectivity index (χ4v) is 2.22. The Kier molecular flexibility index (Phi) is 4.24. The summed E-state index contributed by atoms with van der Waals surface area (Å²) in [5.74, 6) is -0.666. The zero-order valence-corrected chi connectivity index (χ0v) is 10.7. The van der Waals surface area contributed by atoms with Gasteiger partial charge in [0.15, 0.2) is 11.5 Å². The molecule has 104 valence electrons. The maximum atomic E-state index is 11.5. The number of aromatic hydroxyl groups is 1. The van der Waals surface area contributed by atoms with Gasteiger partial charge in [0.05, 0.1) is 20.3 Å². The summed E-state index contributed by atoms with van der Waals surface area (Å²) in [7, 11) is 1.45. The minimum atomic E-state index is -0.938. The average molecular weight is 267 g/mol. The van der Waals surface area contributed by atoms with Gasteiger partial charge in [-0.05, 0) is 17.7 Å². The van der Waals surface area contributed by atoms with Gasteiger partial charge in [-0.2, -0.15) is 0 Å². The highest BCUT2D eigenvalue weighted by Gasteiger charge is 2.29. The summed E-state index contributed by atoms with van der Waals surface area (Å²) in [6.45, 7) is 2.16. The number of phenolic OH excluding ortho intramolecular Hbond substituents is 1. The van der Waals surface area contributed by atoms with Crippen LogP contribution in [0.3, 0.4) is 0 Å². The highest BCUT2D eigenvalue weighted by molar-refractivity contribution is 5.76. The molecule has 1 saturated heterocycles. The molecule has 0 aromatic heterocycles. The number of ether oxygens (including phenoxy) is 2. The molecule has 0 aliphatic carbocycles. The number of methoxy groups -OCH3 is 1. The Bertz CT molecular complexity index is 456. The SMILES string of the molecule is COc1ccc(C(C(=O)O)N2CCOCC2)cc1O. The Labute approximate surface area is 111 Å². The van der Waals surface area contributed by atoms with Gasteiger partial charge < -0.3 is 19.7 Å². The number of rotatable bonds is 4. The second-order valence-corrected chi connectivity index (χ2v) is 4.32. The Hall–Kier alpha value is -1.79. The van der Waals surface area contributed by atoms with Gasteiger partial charge in [0.25, 0.3) is 0 Å². The monoisotopic (exact) mass is 267 g/mol. The van der Waals surface area contributed by atoms with Gasteiger partial charge in [0, 0.05) is 13.1 Å². The quantitative estimate of drug-likeness (QED) is 0.842. The lowest BCUT2D eigenvalue weighted by molar-refractivity contribution is -0.145. The molecule has 1 atom stereocenters. The molecule has 0 radical (unpaired) electrons. The van der Waals surface area contributed by atoms with Gasteiger partial charge >= 0.3 is 5.97 Å². The van der Waals surface area contributed by atoms with Crippen molar-refractivity contribution in [1.82, 2.24) is 4.90 Å². The van der Waals surface area contributed by atoms with Gasteiger partial charge in [0.1, 0.15) is 6.04 Å². The molecule has 2 rings (SSSR count). The second-order valence-electron chi connectivity index (χ2n) is 4.32. The van der Waals surface area contributed by atoms with E-state index in [1.54, 1.807) is 12.1 Å². The summed E-state index contributed by atoms with van der Waals surface area (Å²) in [5.41, 5.74) is 0.535. The molecular formula is C13H17NO5. The Morgan fingerprint density at radius 2 is 2.11 bits per heavy atom. The van der Waals surface area contributed by atoms with Crippen LogP contribution in [0.5, 0.6) is 11.5 Å². The van der Waals surface area contributed by atoms with Crippen molar-refractivity contribution >= 4 is 5.97 Å². The number of hydrogen-bond acceptors (Lipinski definition) is 5. The van der Waals surface area contributed by atoms with Crippen LogP contribution in [0.15, 0.2) is 18.2 Å². The predicted octanol–water partition coefficient (Wildman–Crippen LogP) is 0.859. The lowest BCUT2D eigenvalue weighted by Gasteiger charge is -2.32. The summed E-state index contributed by atoms with van der Waals surface area (Å²) in [6.07, 6.45) is 0. The van der Waals surface area contributed by atoms with E-state index in [-0.39, 0.29) is 5.75 Å². The second kappa shape index (κ2) is 5.90. The first-order valence-electron chi connectivity index (χ1n) is 6.05. The van der Waals surface area contributed by atoms with E-state index in [1.165, 1.54) is 13.2 Å². The third-order valence-corrected chi connectivity index (χ3v) is 3.16. The molecule has 0 bridgehead atoms. The molecule has 6 nitrogen and oxygen atoms in total. The molecule has 1 aliphatic heterocycles. The lowest BCUT2D eigenvalue weighted by Crippen LogP contribution is -2.42. The highest BCUT2D eigenvalue weighted by Crippen LogP contribution is 2.31. The van der Waals surface area contributed by atoms with Crippen LogP contribution in [0.1, 0.15) is 11.6 Å². The van der Waals surface area contributed by atoms with E-state index in [0.717, 1.165) is 0 Å².